The van der Waals surface area contributed by atoms with Gasteiger partial charge >= 0.3 is 0 Å². The summed E-state index contributed by atoms with van der Waals surface area (Å²) < 4.78 is 0. The van der Waals surface area contributed by atoms with E-state index in [1.165, 1.54) is 27.8 Å². The van der Waals surface area contributed by atoms with Gasteiger partial charge in [-0.3, -0.25) is 0 Å². The highest BCUT2D eigenvalue weighted by atomic mass is 16.3. The van der Waals surface area contributed by atoms with E-state index in [0.717, 1.165) is 6.42 Å². The van der Waals surface area contributed by atoms with Crippen molar-refractivity contribution >= 4 is 0 Å². The van der Waals surface area contributed by atoms with Crippen LogP contribution in [0.15, 0.2) is 36.4 Å². The fourth-order valence-corrected chi connectivity index (χ4v) is 2.29. The molecule has 0 spiro atoms. The minimum Gasteiger partial charge on any atom is -0.508 e. The van der Waals surface area contributed by atoms with E-state index in [1.807, 2.05) is 39.8 Å². The highest BCUT2D eigenvalue weighted by molar-refractivity contribution is 5.77. The molecule has 1 aliphatic rings. The smallest absolute Gasteiger partial charge is 0.115 e. The second kappa shape index (κ2) is 6.98. The Morgan fingerprint density at radius 2 is 1.47 bits per heavy atom. The van der Waals surface area contributed by atoms with E-state index in [9.17, 15) is 5.11 Å². The number of phenols is 1. The predicted octanol–water partition coefficient (Wildman–Crippen LogP) is 5.32. The number of aromatic hydroxyl groups is 1. The molecular formula is C18H24O. The van der Waals surface area contributed by atoms with E-state index < -0.39 is 0 Å². The average Bonchev–Trinajstić information content (AvgIpc) is 2.80. The first-order valence-electron chi connectivity index (χ1n) is 7.16. The molecule has 0 fully saturated rings. The molecule has 1 heteroatoms. The Kier molecular flexibility index (Phi) is 5.62. The second-order valence-corrected chi connectivity index (χ2v) is 4.18. The van der Waals surface area contributed by atoms with Crippen LogP contribution < -0.4 is 0 Å². The summed E-state index contributed by atoms with van der Waals surface area (Å²) in [6.07, 6.45) is 0.944. The molecule has 1 N–H and O–H groups in total. The zero-order valence-corrected chi connectivity index (χ0v) is 12.6. The quantitative estimate of drug-likeness (QED) is 0.577. The molecule has 0 radical (unpaired) electrons. The summed E-state index contributed by atoms with van der Waals surface area (Å²) in [5.41, 5.74) is 6.47. The van der Waals surface area contributed by atoms with Gasteiger partial charge in [0.25, 0.3) is 0 Å². The van der Waals surface area contributed by atoms with E-state index in [1.54, 1.807) is 6.07 Å². The van der Waals surface area contributed by atoms with Crippen molar-refractivity contribution in [1.82, 2.24) is 0 Å². The third-order valence-corrected chi connectivity index (χ3v) is 3.03. The van der Waals surface area contributed by atoms with Crippen molar-refractivity contribution in [3.05, 3.63) is 53.1 Å². The summed E-state index contributed by atoms with van der Waals surface area (Å²) >= 11 is 0. The zero-order valence-electron chi connectivity index (χ0n) is 12.6. The zero-order chi connectivity index (χ0) is 14.4. The molecular weight excluding hydrogens is 232 g/mol. The number of aryl methyl sites for hydroxylation is 1. The molecule has 2 aromatic rings. The van der Waals surface area contributed by atoms with Gasteiger partial charge < -0.3 is 5.11 Å². The molecule has 0 bridgehead atoms. The van der Waals surface area contributed by atoms with Gasteiger partial charge in [-0.15, -0.1) is 0 Å². The van der Waals surface area contributed by atoms with Crippen molar-refractivity contribution in [2.45, 2.75) is 41.0 Å². The standard InChI is InChI=1S/C14H12O.2C2H6/c1-9-2-3-10-7-11-8-12(15)4-5-13(11)14(10)6-9;2*1-2/h2-6,8,15H,7H2,1H3;2*1-2H3. The fraction of sp³-hybridized carbons (Fsp3) is 0.333. The van der Waals surface area contributed by atoms with Gasteiger partial charge in [0.1, 0.15) is 5.75 Å². The minimum atomic E-state index is 0.360. The Labute approximate surface area is 116 Å². The lowest BCUT2D eigenvalue weighted by molar-refractivity contribution is 0.475. The summed E-state index contributed by atoms with van der Waals surface area (Å²) in [6.45, 7) is 10.1. The van der Waals surface area contributed by atoms with E-state index in [0.29, 0.717) is 5.75 Å². The summed E-state index contributed by atoms with van der Waals surface area (Å²) in [7, 11) is 0. The summed E-state index contributed by atoms with van der Waals surface area (Å²) in [5.74, 6) is 0.360. The Morgan fingerprint density at radius 3 is 2.16 bits per heavy atom. The number of hydrogen-bond donors (Lipinski definition) is 1. The van der Waals surface area contributed by atoms with Crippen LogP contribution in [-0.4, -0.2) is 5.11 Å². The average molecular weight is 256 g/mol. The largest absolute Gasteiger partial charge is 0.508 e. The Morgan fingerprint density at radius 1 is 0.789 bits per heavy atom. The van der Waals surface area contributed by atoms with Gasteiger partial charge in [0.05, 0.1) is 0 Å². The molecule has 0 heterocycles. The van der Waals surface area contributed by atoms with Crippen molar-refractivity contribution in [1.29, 1.82) is 0 Å². The third-order valence-electron chi connectivity index (χ3n) is 3.03. The van der Waals surface area contributed by atoms with E-state index in [-0.39, 0.29) is 0 Å². The number of phenolic OH excluding ortho intramolecular Hbond substituents is 1. The van der Waals surface area contributed by atoms with Gasteiger partial charge in [-0.2, -0.15) is 0 Å². The first-order valence-corrected chi connectivity index (χ1v) is 7.16. The number of fused-ring (bicyclic) bond motifs is 3. The normalized spacial score (nSPS) is 10.4. The van der Waals surface area contributed by atoms with Crippen LogP contribution in [0.5, 0.6) is 5.75 Å². The van der Waals surface area contributed by atoms with Gasteiger partial charge in [-0.05, 0) is 47.7 Å². The van der Waals surface area contributed by atoms with Crippen molar-refractivity contribution in [3.63, 3.8) is 0 Å². The highest BCUT2D eigenvalue weighted by Crippen LogP contribution is 2.38. The van der Waals surface area contributed by atoms with Gasteiger partial charge in [0.2, 0.25) is 0 Å². The molecule has 2 aromatic carbocycles. The van der Waals surface area contributed by atoms with Crippen molar-refractivity contribution in [2.75, 3.05) is 0 Å². The summed E-state index contributed by atoms with van der Waals surface area (Å²) in [4.78, 5) is 0. The SMILES string of the molecule is CC.CC.Cc1ccc2c(c1)-c1ccc(O)cc1C2. The molecule has 1 aliphatic carbocycles. The van der Waals surface area contributed by atoms with Crippen LogP contribution >= 0.6 is 0 Å². The lowest BCUT2D eigenvalue weighted by Gasteiger charge is -2.02. The lowest BCUT2D eigenvalue weighted by atomic mass is 10.0. The first kappa shape index (κ1) is 15.3. The van der Waals surface area contributed by atoms with Crippen LogP contribution in [0.1, 0.15) is 44.4 Å². The topological polar surface area (TPSA) is 20.2 Å². The molecule has 0 atom stereocenters. The minimum absolute atomic E-state index is 0.360. The molecule has 0 saturated carbocycles. The van der Waals surface area contributed by atoms with Crippen LogP contribution in [0, 0.1) is 6.92 Å². The summed E-state index contributed by atoms with van der Waals surface area (Å²) in [6, 6.07) is 12.2. The Bertz CT molecular complexity index is 541. The molecule has 0 aromatic heterocycles. The molecule has 0 saturated heterocycles. The second-order valence-electron chi connectivity index (χ2n) is 4.18. The van der Waals surface area contributed by atoms with Gasteiger partial charge in [0.15, 0.2) is 0 Å². The number of benzene rings is 2. The molecule has 0 aliphatic heterocycles. The van der Waals surface area contributed by atoms with Crippen molar-refractivity contribution in [2.24, 2.45) is 0 Å². The molecule has 19 heavy (non-hydrogen) atoms. The molecule has 0 amide bonds. The molecule has 3 rings (SSSR count). The van der Waals surface area contributed by atoms with Crippen molar-refractivity contribution < 1.29 is 5.11 Å². The van der Waals surface area contributed by atoms with Crippen LogP contribution in [0.25, 0.3) is 11.1 Å². The number of rotatable bonds is 0. The maximum atomic E-state index is 9.43. The van der Waals surface area contributed by atoms with Crippen LogP contribution in [0.2, 0.25) is 0 Å². The van der Waals surface area contributed by atoms with Crippen LogP contribution in [-0.2, 0) is 6.42 Å². The fourth-order valence-electron chi connectivity index (χ4n) is 2.29. The van der Waals surface area contributed by atoms with E-state index >= 15 is 0 Å². The third kappa shape index (κ3) is 3.17. The van der Waals surface area contributed by atoms with Crippen LogP contribution in [0.3, 0.4) is 0 Å². The van der Waals surface area contributed by atoms with Gasteiger partial charge in [0, 0.05) is 0 Å². The summed E-state index contributed by atoms with van der Waals surface area (Å²) in [5, 5.41) is 9.43. The van der Waals surface area contributed by atoms with Crippen molar-refractivity contribution in [3.8, 4) is 16.9 Å². The highest BCUT2D eigenvalue weighted by Gasteiger charge is 2.18. The Balaban J connectivity index is 0.000000415. The first-order chi connectivity index (χ1) is 9.24. The predicted molar refractivity (Wildman–Crippen MR) is 83.8 cm³/mol. The molecule has 1 nitrogen and oxygen atoms in total. The monoisotopic (exact) mass is 256 g/mol. The molecule has 0 unspecified atom stereocenters. The number of hydrogen-bond acceptors (Lipinski definition) is 1. The maximum absolute atomic E-state index is 9.43. The van der Waals surface area contributed by atoms with Gasteiger partial charge in [-0.1, -0.05) is 57.5 Å². The van der Waals surface area contributed by atoms with E-state index in [2.05, 4.69) is 25.1 Å². The molecule has 102 valence electrons. The van der Waals surface area contributed by atoms with Crippen LogP contribution in [0.4, 0.5) is 0 Å². The Hall–Kier alpha value is -1.76. The van der Waals surface area contributed by atoms with E-state index in [4.69, 9.17) is 0 Å². The lowest BCUT2D eigenvalue weighted by Crippen LogP contribution is -1.80. The van der Waals surface area contributed by atoms with Gasteiger partial charge in [-0.25, -0.2) is 0 Å². The maximum Gasteiger partial charge on any atom is 0.115 e.